The first-order valence-electron chi connectivity index (χ1n) is 5.56. The average Bonchev–Trinajstić information content (AvgIpc) is 2.15. The van der Waals surface area contributed by atoms with Gasteiger partial charge in [0.05, 0.1) is 12.4 Å². The Balaban J connectivity index is 0. The first kappa shape index (κ1) is 18.7. The average molecular weight is 269 g/mol. The maximum atomic E-state index is 10.9. The second-order valence-electron chi connectivity index (χ2n) is 3.67. The van der Waals surface area contributed by atoms with Gasteiger partial charge >= 0.3 is 5.97 Å². The van der Waals surface area contributed by atoms with Crippen molar-refractivity contribution < 1.29 is 22.5 Å². The summed E-state index contributed by atoms with van der Waals surface area (Å²) in [5, 5.41) is 0. The van der Waals surface area contributed by atoms with Crippen LogP contribution in [0.1, 0.15) is 45.4 Å². The van der Waals surface area contributed by atoms with Gasteiger partial charge in [-0.3, -0.25) is 9.35 Å². The Labute approximate surface area is 103 Å². The minimum Gasteiger partial charge on any atom is -0.466 e. The molecule has 0 unspecified atom stereocenters. The van der Waals surface area contributed by atoms with Gasteiger partial charge in [0.15, 0.2) is 0 Å². The van der Waals surface area contributed by atoms with E-state index in [1.165, 1.54) is 0 Å². The number of ether oxygens (including phenoxy) is 1. The largest absolute Gasteiger partial charge is 0.466 e. The Kier molecular flexibility index (Phi) is 11.5. The van der Waals surface area contributed by atoms with E-state index in [4.69, 9.17) is 9.29 Å². The highest BCUT2D eigenvalue weighted by atomic mass is 32.2. The van der Waals surface area contributed by atoms with Crippen LogP contribution in [-0.2, 0) is 19.6 Å². The maximum Gasteiger partial charge on any atom is 0.305 e. The van der Waals surface area contributed by atoms with Crippen molar-refractivity contribution >= 4 is 16.1 Å². The van der Waals surface area contributed by atoms with Crippen LogP contribution in [0, 0.1) is 0 Å². The van der Waals surface area contributed by atoms with Gasteiger partial charge in [-0.1, -0.05) is 19.8 Å². The first-order chi connectivity index (χ1) is 7.45. The van der Waals surface area contributed by atoms with Crippen LogP contribution in [0.4, 0.5) is 0 Å². The van der Waals surface area contributed by atoms with E-state index in [1.807, 2.05) is 6.92 Å². The molecule has 0 saturated heterocycles. The Bertz CT molecular complexity index is 289. The second kappa shape index (κ2) is 10.5. The van der Waals surface area contributed by atoms with Crippen molar-refractivity contribution in [1.82, 2.24) is 6.15 Å². The SMILES string of the molecule is CCCC(=O)OCCCCCCS(=O)(=O)O.N. The number of hydrogen-bond acceptors (Lipinski definition) is 5. The predicted octanol–water partition coefficient (Wildman–Crippen LogP) is 1.94. The normalized spacial score (nSPS) is 10.7. The Hall–Kier alpha value is -0.660. The number of hydrogen-bond donors (Lipinski definition) is 2. The van der Waals surface area contributed by atoms with Crippen LogP contribution in [0.25, 0.3) is 0 Å². The zero-order valence-electron chi connectivity index (χ0n) is 10.4. The molecule has 6 nitrogen and oxygen atoms in total. The molecule has 0 aliphatic carbocycles. The molecule has 0 atom stereocenters. The number of esters is 1. The number of carbonyl (C=O) groups excluding carboxylic acids is 1. The summed E-state index contributed by atoms with van der Waals surface area (Å²) < 4.78 is 34.1. The molecule has 0 aliphatic rings. The molecule has 0 amide bonds. The molecule has 0 aromatic heterocycles. The van der Waals surface area contributed by atoms with E-state index in [0.717, 1.165) is 19.3 Å². The highest BCUT2D eigenvalue weighted by Crippen LogP contribution is 2.02. The molecular weight excluding hydrogens is 246 g/mol. The van der Waals surface area contributed by atoms with Crippen molar-refractivity contribution in [3.05, 3.63) is 0 Å². The molecular formula is C10H23NO5S. The minimum atomic E-state index is -3.82. The second-order valence-corrected chi connectivity index (χ2v) is 5.24. The van der Waals surface area contributed by atoms with Gasteiger partial charge in [-0.2, -0.15) is 8.42 Å². The fourth-order valence-corrected chi connectivity index (χ4v) is 1.77. The fourth-order valence-electron chi connectivity index (χ4n) is 1.20. The third-order valence-electron chi connectivity index (χ3n) is 2.01. The van der Waals surface area contributed by atoms with Crippen LogP contribution < -0.4 is 6.15 Å². The van der Waals surface area contributed by atoms with Crippen molar-refractivity contribution in [3.63, 3.8) is 0 Å². The van der Waals surface area contributed by atoms with Crippen molar-refractivity contribution in [2.45, 2.75) is 45.4 Å². The van der Waals surface area contributed by atoms with E-state index in [2.05, 4.69) is 0 Å². The first-order valence-corrected chi connectivity index (χ1v) is 7.17. The van der Waals surface area contributed by atoms with Gasteiger partial charge in [0.2, 0.25) is 0 Å². The van der Waals surface area contributed by atoms with E-state index >= 15 is 0 Å². The van der Waals surface area contributed by atoms with Crippen molar-refractivity contribution in [2.75, 3.05) is 12.4 Å². The molecule has 0 fully saturated rings. The van der Waals surface area contributed by atoms with Crippen LogP contribution in [0.3, 0.4) is 0 Å². The quantitative estimate of drug-likeness (QED) is 0.375. The van der Waals surface area contributed by atoms with Gasteiger partial charge in [-0.15, -0.1) is 0 Å². The molecule has 104 valence electrons. The van der Waals surface area contributed by atoms with Gasteiger partial charge in [-0.25, -0.2) is 0 Å². The smallest absolute Gasteiger partial charge is 0.305 e. The van der Waals surface area contributed by atoms with Crippen LogP contribution in [0.15, 0.2) is 0 Å². The minimum absolute atomic E-state index is 0. The summed E-state index contributed by atoms with van der Waals surface area (Å²) in [5.41, 5.74) is 0. The van der Waals surface area contributed by atoms with Gasteiger partial charge in [-0.05, 0) is 19.3 Å². The maximum absolute atomic E-state index is 10.9. The van der Waals surface area contributed by atoms with E-state index < -0.39 is 10.1 Å². The topological polar surface area (TPSA) is 116 Å². The molecule has 0 heterocycles. The fraction of sp³-hybridized carbons (Fsp3) is 0.900. The summed E-state index contributed by atoms with van der Waals surface area (Å²) in [6.07, 6.45) is 3.93. The van der Waals surface area contributed by atoms with Crippen LogP contribution in [-0.4, -0.2) is 31.3 Å². The number of carbonyl (C=O) groups is 1. The van der Waals surface area contributed by atoms with Crippen LogP contribution >= 0.6 is 0 Å². The lowest BCUT2D eigenvalue weighted by Gasteiger charge is -2.03. The van der Waals surface area contributed by atoms with Crippen molar-refractivity contribution in [2.24, 2.45) is 0 Å². The number of rotatable bonds is 9. The van der Waals surface area contributed by atoms with Gasteiger partial charge < -0.3 is 10.9 Å². The van der Waals surface area contributed by atoms with Crippen molar-refractivity contribution in [3.8, 4) is 0 Å². The number of unbranched alkanes of at least 4 members (excludes halogenated alkanes) is 3. The zero-order valence-corrected chi connectivity index (χ0v) is 11.2. The van der Waals surface area contributed by atoms with E-state index in [0.29, 0.717) is 25.9 Å². The summed E-state index contributed by atoms with van der Waals surface area (Å²) in [7, 11) is -3.82. The molecule has 0 spiro atoms. The van der Waals surface area contributed by atoms with Gasteiger partial charge in [0.1, 0.15) is 0 Å². The summed E-state index contributed by atoms with van der Waals surface area (Å²) in [6, 6.07) is 0. The third-order valence-corrected chi connectivity index (χ3v) is 2.82. The zero-order chi connectivity index (χ0) is 12.4. The Morgan fingerprint density at radius 1 is 1.18 bits per heavy atom. The van der Waals surface area contributed by atoms with E-state index in [-0.39, 0.29) is 17.9 Å². The molecule has 0 radical (unpaired) electrons. The van der Waals surface area contributed by atoms with Crippen LogP contribution in [0.2, 0.25) is 0 Å². The third kappa shape index (κ3) is 15.3. The summed E-state index contributed by atoms with van der Waals surface area (Å²) >= 11 is 0. The van der Waals surface area contributed by atoms with Crippen molar-refractivity contribution in [1.29, 1.82) is 0 Å². The molecule has 0 aromatic carbocycles. The summed E-state index contributed by atoms with van der Waals surface area (Å²) in [5.74, 6) is -0.372. The highest BCUT2D eigenvalue weighted by molar-refractivity contribution is 7.85. The molecule has 17 heavy (non-hydrogen) atoms. The lowest BCUT2D eigenvalue weighted by Crippen LogP contribution is -2.06. The van der Waals surface area contributed by atoms with E-state index in [9.17, 15) is 13.2 Å². The standard InChI is InChI=1S/C10H20O5S.H3N/c1-2-7-10(11)15-8-5-3-4-6-9-16(12,13)14;/h2-9H2,1H3,(H,12,13,14);1H3. The molecule has 0 saturated carbocycles. The summed E-state index contributed by atoms with van der Waals surface area (Å²) in [4.78, 5) is 10.9. The lowest BCUT2D eigenvalue weighted by molar-refractivity contribution is -0.143. The van der Waals surface area contributed by atoms with Gasteiger partial charge in [0, 0.05) is 6.42 Å². The molecule has 0 aliphatic heterocycles. The molecule has 0 bridgehead atoms. The van der Waals surface area contributed by atoms with Crippen LogP contribution in [0.5, 0.6) is 0 Å². The summed E-state index contributed by atoms with van der Waals surface area (Å²) in [6.45, 7) is 2.31. The monoisotopic (exact) mass is 269 g/mol. The molecule has 4 N–H and O–H groups in total. The molecule has 0 rings (SSSR count). The highest BCUT2D eigenvalue weighted by Gasteiger charge is 2.03. The Morgan fingerprint density at radius 3 is 2.29 bits per heavy atom. The Morgan fingerprint density at radius 2 is 1.76 bits per heavy atom. The van der Waals surface area contributed by atoms with E-state index in [1.54, 1.807) is 0 Å². The molecule has 7 heteroatoms. The lowest BCUT2D eigenvalue weighted by atomic mass is 10.2. The molecule has 0 aromatic rings. The van der Waals surface area contributed by atoms with Gasteiger partial charge in [0.25, 0.3) is 10.1 Å². The predicted molar refractivity (Wildman–Crippen MR) is 65.8 cm³/mol.